The Balaban J connectivity index is 1.70. The molecular weight excluding hydrogens is 430 g/mol. The number of halogens is 1. The number of aromatic nitrogens is 1. The van der Waals surface area contributed by atoms with Gasteiger partial charge in [-0.3, -0.25) is 9.63 Å². The van der Waals surface area contributed by atoms with E-state index in [4.69, 9.17) is 21.2 Å². The lowest BCUT2D eigenvalue weighted by Crippen LogP contribution is -2.26. The maximum absolute atomic E-state index is 12.5. The molecule has 1 heterocycles. The maximum atomic E-state index is 12.5. The van der Waals surface area contributed by atoms with Gasteiger partial charge in [0.2, 0.25) is 5.88 Å². The van der Waals surface area contributed by atoms with Gasteiger partial charge in [-0.05, 0) is 48.5 Å². The molecule has 0 saturated heterocycles. The van der Waals surface area contributed by atoms with Gasteiger partial charge in [-0.25, -0.2) is 13.4 Å². The van der Waals surface area contributed by atoms with E-state index in [9.17, 15) is 13.2 Å². The van der Waals surface area contributed by atoms with E-state index >= 15 is 0 Å². The molecule has 0 fully saturated rings. The van der Waals surface area contributed by atoms with Gasteiger partial charge in [-0.1, -0.05) is 22.1 Å². The lowest BCUT2D eigenvalue weighted by atomic mass is 10.2. The van der Waals surface area contributed by atoms with Crippen LogP contribution in [0, 0.1) is 0 Å². The Bertz CT molecular complexity index is 1140. The van der Waals surface area contributed by atoms with Gasteiger partial charge in [0.1, 0.15) is 5.75 Å². The number of rotatable bonds is 7. The summed E-state index contributed by atoms with van der Waals surface area (Å²) in [5, 5.41) is 3.26. The van der Waals surface area contributed by atoms with Crippen LogP contribution in [0.5, 0.6) is 11.6 Å². The van der Waals surface area contributed by atoms with E-state index in [1.165, 1.54) is 44.6 Å². The average Bonchev–Trinajstić information content (AvgIpc) is 2.76. The number of nitrogens with one attached hydrogen (secondary N) is 1. The molecule has 2 aromatic carbocycles. The Morgan fingerprint density at radius 1 is 1.10 bits per heavy atom. The predicted octanol–water partition coefficient (Wildman–Crippen LogP) is 3.96. The molecule has 0 atom stereocenters. The molecule has 10 heteroatoms. The van der Waals surface area contributed by atoms with Crippen molar-refractivity contribution >= 4 is 33.2 Å². The van der Waals surface area contributed by atoms with E-state index in [2.05, 4.69) is 10.3 Å². The number of hydroxylamine groups is 1. The second-order valence-electron chi connectivity index (χ2n) is 6.02. The van der Waals surface area contributed by atoms with Crippen LogP contribution in [-0.2, 0) is 14.9 Å². The lowest BCUT2D eigenvalue weighted by molar-refractivity contribution is -0.0258. The highest BCUT2D eigenvalue weighted by Crippen LogP contribution is 2.23. The number of pyridine rings is 1. The van der Waals surface area contributed by atoms with Crippen molar-refractivity contribution in [3.8, 4) is 11.6 Å². The number of sulfonamides is 1. The fourth-order valence-corrected chi connectivity index (χ4v) is 3.53. The van der Waals surface area contributed by atoms with Gasteiger partial charge in [0.25, 0.3) is 15.9 Å². The normalized spacial score (nSPS) is 11.3. The molecule has 0 unspecified atom stereocenters. The van der Waals surface area contributed by atoms with Gasteiger partial charge >= 0.3 is 0 Å². The molecule has 0 aliphatic heterocycles. The zero-order valence-corrected chi connectivity index (χ0v) is 17.6. The van der Waals surface area contributed by atoms with Gasteiger partial charge in [-0.2, -0.15) is 0 Å². The standard InChI is InChI=1S/C20H18ClN3O5S/c1-24(28-2)30(26,27)18-5-3-4-14(12-18)20(25)23-16-8-11-19(22-13-16)29-17-9-6-15(21)7-10-17/h3-13H,1-2H3,(H,23,25). The fraction of sp³-hybridized carbons (Fsp3) is 0.100. The topological polar surface area (TPSA) is 97.8 Å². The van der Waals surface area contributed by atoms with E-state index in [0.717, 1.165) is 0 Å². The summed E-state index contributed by atoms with van der Waals surface area (Å²) < 4.78 is 31.0. The molecule has 0 saturated carbocycles. The SMILES string of the molecule is CON(C)S(=O)(=O)c1cccc(C(=O)Nc2ccc(Oc3ccc(Cl)cc3)nc2)c1. The number of carbonyl (C=O) groups excluding carboxylic acids is 1. The zero-order valence-electron chi connectivity index (χ0n) is 16.1. The van der Waals surface area contributed by atoms with Crippen LogP contribution in [0.25, 0.3) is 0 Å². The largest absolute Gasteiger partial charge is 0.439 e. The summed E-state index contributed by atoms with van der Waals surface area (Å²) in [5.41, 5.74) is 0.591. The van der Waals surface area contributed by atoms with Crippen molar-refractivity contribution in [2.45, 2.75) is 4.90 Å². The molecule has 0 spiro atoms. The number of carbonyl (C=O) groups is 1. The molecule has 1 amide bonds. The first-order valence-corrected chi connectivity index (χ1v) is 10.5. The molecule has 8 nitrogen and oxygen atoms in total. The molecule has 0 aliphatic rings. The van der Waals surface area contributed by atoms with Crippen molar-refractivity contribution in [1.29, 1.82) is 0 Å². The third kappa shape index (κ3) is 5.14. The molecular formula is C20H18ClN3O5S. The maximum Gasteiger partial charge on any atom is 0.264 e. The molecule has 0 radical (unpaired) electrons. The highest BCUT2D eigenvalue weighted by atomic mass is 35.5. The summed E-state index contributed by atoms with van der Waals surface area (Å²) in [4.78, 5) is 21.3. The zero-order chi connectivity index (χ0) is 21.7. The summed E-state index contributed by atoms with van der Waals surface area (Å²) in [7, 11) is -1.36. The van der Waals surface area contributed by atoms with Crippen LogP contribution in [0.1, 0.15) is 10.4 Å². The molecule has 156 valence electrons. The summed E-state index contributed by atoms with van der Waals surface area (Å²) in [6, 6.07) is 15.7. The van der Waals surface area contributed by atoms with Gasteiger partial charge in [-0.15, -0.1) is 0 Å². The fourth-order valence-electron chi connectivity index (χ4n) is 2.39. The number of benzene rings is 2. The van der Waals surface area contributed by atoms with Crippen LogP contribution in [-0.4, -0.2) is 37.9 Å². The molecule has 0 aliphatic carbocycles. The van der Waals surface area contributed by atoms with Crippen LogP contribution in [0.2, 0.25) is 5.02 Å². The van der Waals surface area contributed by atoms with Crippen LogP contribution in [0.4, 0.5) is 5.69 Å². The van der Waals surface area contributed by atoms with E-state index in [-0.39, 0.29) is 10.5 Å². The number of hydrogen-bond acceptors (Lipinski definition) is 6. The van der Waals surface area contributed by atoms with E-state index in [0.29, 0.717) is 26.8 Å². The van der Waals surface area contributed by atoms with Crippen LogP contribution in [0.3, 0.4) is 0 Å². The second-order valence-corrected chi connectivity index (χ2v) is 8.39. The van der Waals surface area contributed by atoms with Crippen molar-refractivity contribution in [2.24, 2.45) is 0 Å². The molecule has 3 aromatic rings. The minimum atomic E-state index is -3.86. The first kappa shape index (κ1) is 21.7. The summed E-state index contributed by atoms with van der Waals surface area (Å²) in [5.74, 6) is 0.425. The molecule has 0 bridgehead atoms. The Labute approximate surface area is 179 Å². The van der Waals surface area contributed by atoms with Crippen molar-refractivity contribution in [3.05, 3.63) is 77.4 Å². The Morgan fingerprint density at radius 3 is 2.47 bits per heavy atom. The summed E-state index contributed by atoms with van der Waals surface area (Å²) in [6.45, 7) is 0. The number of ether oxygens (including phenoxy) is 1. The van der Waals surface area contributed by atoms with E-state index < -0.39 is 15.9 Å². The molecule has 1 aromatic heterocycles. The second kappa shape index (κ2) is 9.23. The monoisotopic (exact) mass is 447 g/mol. The molecule has 30 heavy (non-hydrogen) atoms. The molecule has 3 rings (SSSR count). The average molecular weight is 448 g/mol. The number of anilines is 1. The first-order chi connectivity index (χ1) is 14.3. The van der Waals surface area contributed by atoms with Crippen molar-refractivity contribution in [3.63, 3.8) is 0 Å². The van der Waals surface area contributed by atoms with Crippen molar-refractivity contribution in [1.82, 2.24) is 9.45 Å². The van der Waals surface area contributed by atoms with E-state index in [1.54, 1.807) is 36.4 Å². The number of amides is 1. The number of hydrogen-bond donors (Lipinski definition) is 1. The van der Waals surface area contributed by atoms with Gasteiger partial charge < -0.3 is 10.1 Å². The van der Waals surface area contributed by atoms with Crippen LogP contribution in [0.15, 0.2) is 71.8 Å². The Morgan fingerprint density at radius 2 is 1.83 bits per heavy atom. The van der Waals surface area contributed by atoms with E-state index in [1.807, 2.05) is 0 Å². The van der Waals surface area contributed by atoms with Gasteiger partial charge in [0, 0.05) is 23.7 Å². The highest BCUT2D eigenvalue weighted by molar-refractivity contribution is 7.89. The molecule has 1 N–H and O–H groups in total. The van der Waals surface area contributed by atoms with Crippen LogP contribution < -0.4 is 10.1 Å². The highest BCUT2D eigenvalue weighted by Gasteiger charge is 2.22. The smallest absolute Gasteiger partial charge is 0.264 e. The summed E-state index contributed by atoms with van der Waals surface area (Å²) >= 11 is 5.84. The van der Waals surface area contributed by atoms with Gasteiger partial charge in [0.05, 0.1) is 23.9 Å². The third-order valence-electron chi connectivity index (χ3n) is 4.02. The minimum Gasteiger partial charge on any atom is -0.439 e. The summed E-state index contributed by atoms with van der Waals surface area (Å²) in [6.07, 6.45) is 1.43. The Kier molecular flexibility index (Phi) is 6.68. The van der Waals surface area contributed by atoms with Crippen LogP contribution >= 0.6 is 11.6 Å². The Hall–Kier alpha value is -2.98. The van der Waals surface area contributed by atoms with Gasteiger partial charge in [0.15, 0.2) is 0 Å². The number of nitrogens with zero attached hydrogens (tertiary/aromatic N) is 2. The first-order valence-electron chi connectivity index (χ1n) is 8.63. The quantitative estimate of drug-likeness (QED) is 0.550. The third-order valence-corrected chi connectivity index (χ3v) is 5.95. The minimum absolute atomic E-state index is 0.0654. The van der Waals surface area contributed by atoms with Crippen molar-refractivity contribution < 1.29 is 22.8 Å². The lowest BCUT2D eigenvalue weighted by Gasteiger charge is -2.14. The predicted molar refractivity (Wildman–Crippen MR) is 112 cm³/mol. The van der Waals surface area contributed by atoms with Crippen molar-refractivity contribution in [2.75, 3.05) is 19.5 Å².